The number of rotatable bonds is 8. The Kier molecular flexibility index (Phi) is 8.26. The zero-order valence-corrected chi connectivity index (χ0v) is 19.8. The van der Waals surface area contributed by atoms with Crippen LogP contribution >= 0.6 is 0 Å². The molecule has 3 rings (SSSR count). The van der Waals surface area contributed by atoms with E-state index in [9.17, 15) is 14.4 Å². The van der Waals surface area contributed by atoms with Crippen LogP contribution in [0.15, 0.2) is 60.7 Å². The van der Waals surface area contributed by atoms with E-state index in [0.29, 0.717) is 19.6 Å². The predicted octanol–water partition coefficient (Wildman–Crippen LogP) is 4.47. The van der Waals surface area contributed by atoms with Gasteiger partial charge < -0.3 is 14.5 Å². The minimum absolute atomic E-state index is 0.0959. The van der Waals surface area contributed by atoms with Crippen molar-refractivity contribution < 1.29 is 19.1 Å². The number of carbonyl (C=O) groups excluding carboxylic acids is 3. The molecular weight excluding hydrogens is 416 g/mol. The van der Waals surface area contributed by atoms with Crippen molar-refractivity contribution in [2.45, 2.75) is 52.6 Å². The predicted molar refractivity (Wildman–Crippen MR) is 128 cm³/mol. The van der Waals surface area contributed by atoms with Crippen molar-refractivity contribution in [1.82, 2.24) is 9.80 Å². The molecule has 0 saturated carbocycles. The highest BCUT2D eigenvalue weighted by Crippen LogP contribution is 2.23. The molecule has 2 aromatic carbocycles. The Hall–Kier alpha value is -3.15. The van der Waals surface area contributed by atoms with Crippen LogP contribution in [0.25, 0.3) is 0 Å². The van der Waals surface area contributed by atoms with Gasteiger partial charge in [0.05, 0.1) is 6.04 Å². The lowest BCUT2D eigenvalue weighted by molar-refractivity contribution is -0.149. The number of hydrogen-bond acceptors (Lipinski definition) is 4. The molecule has 2 amide bonds. The topological polar surface area (TPSA) is 66.9 Å². The molecule has 1 aliphatic heterocycles. The maximum absolute atomic E-state index is 13.0. The molecule has 1 heterocycles. The van der Waals surface area contributed by atoms with E-state index in [2.05, 4.69) is 0 Å². The van der Waals surface area contributed by atoms with Crippen LogP contribution in [0.5, 0.6) is 0 Å². The van der Waals surface area contributed by atoms with E-state index < -0.39 is 23.2 Å². The summed E-state index contributed by atoms with van der Waals surface area (Å²) in [4.78, 5) is 41.5. The molecule has 0 radical (unpaired) electrons. The number of ketones is 1. The highest BCUT2D eigenvalue weighted by molar-refractivity contribution is 6.37. The molecule has 1 fully saturated rings. The molecule has 33 heavy (non-hydrogen) atoms. The Balaban J connectivity index is 1.63. The molecule has 0 bridgehead atoms. The van der Waals surface area contributed by atoms with Gasteiger partial charge in [-0.15, -0.1) is 0 Å². The van der Waals surface area contributed by atoms with Gasteiger partial charge in [0.15, 0.2) is 0 Å². The largest absolute Gasteiger partial charge is 0.447 e. The van der Waals surface area contributed by atoms with Crippen molar-refractivity contribution in [3.05, 3.63) is 71.8 Å². The number of Topliss-reactive ketones (excluding diaryl/α,β-unsaturated/α-hetero) is 1. The van der Waals surface area contributed by atoms with Crippen LogP contribution < -0.4 is 0 Å². The molecule has 1 aliphatic rings. The van der Waals surface area contributed by atoms with Crippen LogP contribution in [0.1, 0.15) is 44.7 Å². The smallest absolute Gasteiger partial charge is 0.410 e. The number of amides is 2. The number of hydrogen-bond donors (Lipinski definition) is 0. The van der Waals surface area contributed by atoms with Gasteiger partial charge in [-0.2, -0.15) is 0 Å². The highest BCUT2D eigenvalue weighted by Gasteiger charge is 2.37. The van der Waals surface area contributed by atoms with Crippen LogP contribution in [-0.2, 0) is 27.3 Å². The van der Waals surface area contributed by atoms with Gasteiger partial charge in [-0.25, -0.2) is 4.79 Å². The molecule has 1 atom stereocenters. The third kappa shape index (κ3) is 6.91. The van der Waals surface area contributed by atoms with Gasteiger partial charge >= 0.3 is 6.09 Å². The van der Waals surface area contributed by atoms with Gasteiger partial charge in [0.1, 0.15) is 6.61 Å². The van der Waals surface area contributed by atoms with E-state index >= 15 is 0 Å². The summed E-state index contributed by atoms with van der Waals surface area (Å²) in [6.45, 7) is 6.81. The van der Waals surface area contributed by atoms with Crippen LogP contribution in [0.3, 0.4) is 0 Å². The summed E-state index contributed by atoms with van der Waals surface area (Å²) in [6.07, 6.45) is 1.83. The van der Waals surface area contributed by atoms with E-state index in [1.54, 1.807) is 30.6 Å². The highest BCUT2D eigenvalue weighted by atomic mass is 16.6. The first kappa shape index (κ1) is 24.5. The minimum Gasteiger partial charge on any atom is -0.447 e. The van der Waals surface area contributed by atoms with Crippen molar-refractivity contribution >= 4 is 17.8 Å². The van der Waals surface area contributed by atoms with Crippen molar-refractivity contribution in [1.29, 1.82) is 0 Å². The second-order valence-electron chi connectivity index (χ2n) is 9.59. The summed E-state index contributed by atoms with van der Waals surface area (Å²) in [6, 6.07) is 19.6. The second-order valence-corrected chi connectivity index (χ2v) is 9.59. The molecule has 6 nitrogen and oxygen atoms in total. The minimum atomic E-state index is -0.731. The van der Waals surface area contributed by atoms with Crippen LogP contribution in [-0.4, -0.2) is 53.3 Å². The van der Waals surface area contributed by atoms with Gasteiger partial charge in [-0.05, 0) is 30.4 Å². The second kappa shape index (κ2) is 11.1. The molecule has 1 saturated heterocycles. The number of carbonyl (C=O) groups is 3. The summed E-state index contributed by atoms with van der Waals surface area (Å²) in [5.41, 5.74) is 1.44. The Morgan fingerprint density at radius 2 is 1.58 bits per heavy atom. The van der Waals surface area contributed by atoms with E-state index in [1.165, 1.54) is 0 Å². The van der Waals surface area contributed by atoms with Gasteiger partial charge in [-0.3, -0.25) is 9.59 Å². The quantitative estimate of drug-likeness (QED) is 0.557. The van der Waals surface area contributed by atoms with Gasteiger partial charge in [-0.1, -0.05) is 81.4 Å². The lowest BCUT2D eigenvalue weighted by Gasteiger charge is -2.28. The summed E-state index contributed by atoms with van der Waals surface area (Å²) in [7, 11) is 0. The number of likely N-dealkylation sites (tertiary alicyclic amines) is 1. The molecule has 0 unspecified atom stereocenters. The molecule has 0 spiro atoms. The third-order valence-electron chi connectivity index (χ3n) is 5.90. The monoisotopic (exact) mass is 450 g/mol. The Labute approximate surface area is 196 Å². The van der Waals surface area contributed by atoms with Crippen LogP contribution in [0.2, 0.25) is 0 Å². The first-order valence-corrected chi connectivity index (χ1v) is 11.6. The van der Waals surface area contributed by atoms with E-state index in [4.69, 9.17) is 4.74 Å². The normalized spacial score (nSPS) is 15.8. The summed E-state index contributed by atoms with van der Waals surface area (Å²) in [5.74, 6) is -0.888. The van der Waals surface area contributed by atoms with Gasteiger partial charge in [0.2, 0.25) is 5.78 Å². The molecule has 6 heteroatoms. The first-order valence-electron chi connectivity index (χ1n) is 11.6. The van der Waals surface area contributed by atoms with Crippen LogP contribution in [0, 0.1) is 5.41 Å². The van der Waals surface area contributed by atoms with Crippen molar-refractivity contribution in [2.24, 2.45) is 5.41 Å². The average Bonchev–Trinajstić information content (AvgIpc) is 3.28. The SMILES string of the molecule is CC(C)(C)C(=O)C(=O)N1CCC[C@H]1COC(=O)N(CCc1ccccc1)Cc1ccccc1. The van der Waals surface area contributed by atoms with Gasteiger partial charge in [0.25, 0.3) is 5.91 Å². The Bertz CT molecular complexity index is 938. The van der Waals surface area contributed by atoms with Gasteiger partial charge in [0, 0.05) is 25.0 Å². The molecular formula is C27H34N2O4. The van der Waals surface area contributed by atoms with Crippen molar-refractivity contribution in [3.63, 3.8) is 0 Å². The number of benzene rings is 2. The van der Waals surface area contributed by atoms with E-state index in [0.717, 1.165) is 30.4 Å². The standard InChI is InChI=1S/C27H34N2O4/c1-27(2,3)24(30)25(31)29-17-10-15-23(29)20-33-26(32)28(19-22-13-8-5-9-14-22)18-16-21-11-6-4-7-12-21/h4-9,11-14,23H,10,15-20H2,1-3H3/t23-/m0/s1. The van der Waals surface area contributed by atoms with E-state index in [1.807, 2.05) is 60.7 Å². The van der Waals surface area contributed by atoms with Crippen LogP contribution in [0.4, 0.5) is 4.79 Å². The molecule has 0 aliphatic carbocycles. The van der Waals surface area contributed by atoms with E-state index in [-0.39, 0.29) is 12.6 Å². The number of nitrogens with zero attached hydrogens (tertiary/aromatic N) is 2. The third-order valence-corrected chi connectivity index (χ3v) is 5.90. The molecule has 0 aromatic heterocycles. The summed E-state index contributed by atoms with van der Waals surface area (Å²) >= 11 is 0. The fourth-order valence-electron chi connectivity index (χ4n) is 3.93. The fraction of sp³-hybridized carbons (Fsp3) is 0.444. The zero-order chi connectivity index (χ0) is 23.8. The molecule has 2 aromatic rings. The average molecular weight is 451 g/mol. The Morgan fingerprint density at radius 1 is 0.970 bits per heavy atom. The molecule has 0 N–H and O–H groups in total. The van der Waals surface area contributed by atoms with Crippen molar-refractivity contribution in [2.75, 3.05) is 19.7 Å². The lowest BCUT2D eigenvalue weighted by Crippen LogP contribution is -2.46. The summed E-state index contributed by atoms with van der Waals surface area (Å²) in [5, 5.41) is 0. The lowest BCUT2D eigenvalue weighted by atomic mass is 9.90. The Morgan fingerprint density at radius 3 is 2.18 bits per heavy atom. The maximum Gasteiger partial charge on any atom is 0.410 e. The number of ether oxygens (including phenoxy) is 1. The zero-order valence-electron chi connectivity index (χ0n) is 19.8. The van der Waals surface area contributed by atoms with Crippen molar-refractivity contribution in [3.8, 4) is 0 Å². The molecule has 176 valence electrons. The maximum atomic E-state index is 13.0. The first-order chi connectivity index (χ1) is 15.8. The fourth-order valence-corrected chi connectivity index (χ4v) is 3.93. The summed E-state index contributed by atoms with van der Waals surface area (Å²) < 4.78 is 5.68.